The summed E-state index contributed by atoms with van der Waals surface area (Å²) in [6.07, 6.45) is 2.90. The lowest BCUT2D eigenvalue weighted by Crippen LogP contribution is -2.25. The smallest absolute Gasteiger partial charge is 0.0509 e. The van der Waals surface area contributed by atoms with E-state index >= 15 is 0 Å². The first-order valence-electron chi connectivity index (χ1n) is 7.50. The molecule has 3 heteroatoms. The fourth-order valence-electron chi connectivity index (χ4n) is 2.77. The van der Waals surface area contributed by atoms with Crippen LogP contribution in [0.4, 0.5) is 0 Å². The summed E-state index contributed by atoms with van der Waals surface area (Å²) in [4.78, 5) is 4.56. The van der Waals surface area contributed by atoms with Crippen LogP contribution < -0.4 is 0 Å². The molecule has 1 aromatic heterocycles. The Morgan fingerprint density at radius 2 is 1.70 bits per heavy atom. The molecule has 114 valence electrons. The van der Waals surface area contributed by atoms with Crippen molar-refractivity contribution in [3.63, 3.8) is 0 Å². The van der Waals surface area contributed by atoms with E-state index in [4.69, 9.17) is 4.74 Å². The summed E-state index contributed by atoms with van der Waals surface area (Å²) in [5.74, 6) is 0. The van der Waals surface area contributed by atoms with Crippen molar-refractivity contribution in [1.29, 1.82) is 0 Å². The molecule has 0 aliphatic heterocycles. The van der Waals surface area contributed by atoms with Crippen molar-refractivity contribution in [2.45, 2.75) is 77.9 Å². The van der Waals surface area contributed by atoms with Crippen LogP contribution in [-0.4, -0.2) is 21.3 Å². The zero-order valence-electron chi connectivity index (χ0n) is 14.4. The maximum atomic E-state index is 5.38. The highest BCUT2D eigenvalue weighted by molar-refractivity contribution is 7.67. The first-order chi connectivity index (χ1) is 8.98. The highest BCUT2D eigenvalue weighted by Gasteiger charge is 2.38. The van der Waals surface area contributed by atoms with E-state index in [2.05, 4.69) is 72.5 Å². The van der Waals surface area contributed by atoms with Gasteiger partial charge in [0.15, 0.2) is 0 Å². The zero-order chi connectivity index (χ0) is 15.6. The lowest BCUT2D eigenvalue weighted by atomic mass is 10.1. The van der Waals surface area contributed by atoms with E-state index in [0.717, 1.165) is 6.16 Å². The summed E-state index contributed by atoms with van der Waals surface area (Å²) in [7, 11) is -1.53. The average Bonchev–Trinajstić information content (AvgIpc) is 2.25. The van der Waals surface area contributed by atoms with Gasteiger partial charge in [0.2, 0.25) is 0 Å². The van der Waals surface area contributed by atoms with Gasteiger partial charge in [-0.1, -0.05) is 40.7 Å². The standard InChI is InChI=1S/C17H31N2P/c1-14(2)20(17(6,7)8,19-16(3,4)5)13-15-11-9-10-12-18-15/h9-12,14H,13H2,1-8H3. The van der Waals surface area contributed by atoms with Gasteiger partial charge in [-0.2, -0.15) is 0 Å². The predicted octanol–water partition coefficient (Wildman–Crippen LogP) is 5.79. The number of aromatic nitrogens is 1. The normalized spacial score (nSPS) is 16.1. The molecule has 0 saturated heterocycles. The molecule has 2 nitrogen and oxygen atoms in total. The van der Waals surface area contributed by atoms with Gasteiger partial charge in [-0.05, 0) is 50.8 Å². The van der Waals surface area contributed by atoms with Crippen molar-refractivity contribution >= 4 is 7.05 Å². The van der Waals surface area contributed by atoms with E-state index in [1.807, 2.05) is 12.3 Å². The second-order valence-electron chi connectivity index (χ2n) is 7.84. The van der Waals surface area contributed by atoms with Crippen LogP contribution in [0.2, 0.25) is 0 Å². The van der Waals surface area contributed by atoms with Gasteiger partial charge >= 0.3 is 0 Å². The van der Waals surface area contributed by atoms with Gasteiger partial charge in [0, 0.05) is 18.1 Å². The summed E-state index contributed by atoms with van der Waals surface area (Å²) in [5.41, 5.74) is 1.75. The molecule has 0 radical (unpaired) electrons. The first-order valence-corrected chi connectivity index (χ1v) is 9.50. The maximum absolute atomic E-state index is 5.38. The molecule has 0 spiro atoms. The molecule has 0 aromatic carbocycles. The van der Waals surface area contributed by atoms with Gasteiger partial charge < -0.3 is 0 Å². The quantitative estimate of drug-likeness (QED) is 0.648. The Balaban J connectivity index is 3.44. The van der Waals surface area contributed by atoms with Gasteiger partial charge in [-0.25, -0.2) is 0 Å². The second-order valence-corrected chi connectivity index (χ2v) is 12.4. The van der Waals surface area contributed by atoms with Crippen molar-refractivity contribution in [3.8, 4) is 0 Å². The topological polar surface area (TPSA) is 25.2 Å². The van der Waals surface area contributed by atoms with Crippen molar-refractivity contribution < 1.29 is 0 Å². The molecule has 0 amide bonds. The third kappa shape index (κ3) is 4.19. The van der Waals surface area contributed by atoms with E-state index in [1.54, 1.807) is 0 Å². The van der Waals surface area contributed by atoms with Gasteiger partial charge in [0.25, 0.3) is 0 Å². The Morgan fingerprint density at radius 3 is 2.05 bits per heavy atom. The molecular weight excluding hydrogens is 263 g/mol. The molecule has 1 atom stereocenters. The fraction of sp³-hybridized carbons (Fsp3) is 0.706. The minimum Gasteiger partial charge on any atom is -0.296 e. The van der Waals surface area contributed by atoms with E-state index in [1.165, 1.54) is 5.69 Å². The number of hydrogen-bond donors (Lipinski definition) is 0. The second kappa shape index (κ2) is 6.02. The molecule has 0 N–H and O–H groups in total. The summed E-state index contributed by atoms with van der Waals surface area (Å²) >= 11 is 0. The van der Waals surface area contributed by atoms with Crippen molar-refractivity contribution in [2.24, 2.45) is 4.74 Å². The van der Waals surface area contributed by atoms with Crippen LogP contribution >= 0.6 is 7.05 Å². The van der Waals surface area contributed by atoms with Crippen LogP contribution in [0, 0.1) is 0 Å². The number of pyridine rings is 1. The van der Waals surface area contributed by atoms with E-state index < -0.39 is 7.05 Å². The van der Waals surface area contributed by atoms with Gasteiger partial charge in [-0.15, -0.1) is 0 Å². The van der Waals surface area contributed by atoms with Crippen LogP contribution in [0.15, 0.2) is 29.1 Å². The molecule has 1 heterocycles. The minimum atomic E-state index is -1.53. The number of hydrogen-bond acceptors (Lipinski definition) is 2. The molecule has 1 unspecified atom stereocenters. The van der Waals surface area contributed by atoms with Crippen LogP contribution in [0.5, 0.6) is 0 Å². The Kier molecular flexibility index (Phi) is 5.24. The van der Waals surface area contributed by atoms with E-state index in [9.17, 15) is 0 Å². The summed E-state index contributed by atoms with van der Waals surface area (Å²) in [6.45, 7) is 18.3. The third-order valence-corrected chi connectivity index (χ3v) is 9.42. The molecule has 0 saturated carbocycles. The minimum absolute atomic E-state index is 0.000107. The van der Waals surface area contributed by atoms with Gasteiger partial charge in [-0.3, -0.25) is 9.73 Å². The van der Waals surface area contributed by atoms with E-state index in [0.29, 0.717) is 5.66 Å². The average molecular weight is 294 g/mol. The lowest BCUT2D eigenvalue weighted by molar-refractivity contribution is 0.580. The van der Waals surface area contributed by atoms with Crippen LogP contribution in [0.3, 0.4) is 0 Å². The maximum Gasteiger partial charge on any atom is 0.0509 e. The van der Waals surface area contributed by atoms with Gasteiger partial charge in [0.1, 0.15) is 0 Å². The first kappa shape index (κ1) is 17.4. The van der Waals surface area contributed by atoms with Crippen molar-refractivity contribution in [2.75, 3.05) is 0 Å². The summed E-state index contributed by atoms with van der Waals surface area (Å²) < 4.78 is 5.38. The zero-order valence-corrected chi connectivity index (χ0v) is 15.3. The highest BCUT2D eigenvalue weighted by atomic mass is 31.2. The van der Waals surface area contributed by atoms with E-state index in [-0.39, 0.29) is 10.7 Å². The molecule has 20 heavy (non-hydrogen) atoms. The van der Waals surface area contributed by atoms with Gasteiger partial charge in [0.05, 0.1) is 5.54 Å². The molecule has 1 rings (SSSR count). The number of nitrogens with zero attached hydrogens (tertiary/aromatic N) is 2. The summed E-state index contributed by atoms with van der Waals surface area (Å²) in [5, 5.41) is 0.200. The summed E-state index contributed by atoms with van der Waals surface area (Å²) in [6, 6.07) is 6.20. The van der Waals surface area contributed by atoms with Crippen LogP contribution in [0.25, 0.3) is 0 Å². The van der Waals surface area contributed by atoms with Crippen LogP contribution in [0.1, 0.15) is 61.1 Å². The van der Waals surface area contributed by atoms with Crippen LogP contribution in [-0.2, 0) is 6.16 Å². The molecule has 0 aliphatic carbocycles. The Hall–Kier alpha value is -0.620. The lowest BCUT2D eigenvalue weighted by Gasteiger charge is -2.42. The van der Waals surface area contributed by atoms with Crippen molar-refractivity contribution in [1.82, 2.24) is 4.98 Å². The largest absolute Gasteiger partial charge is 0.296 e. The predicted molar refractivity (Wildman–Crippen MR) is 91.9 cm³/mol. The number of rotatable bonds is 3. The SMILES string of the molecule is CC(C)P(Cc1ccccn1)(=NC(C)(C)C)C(C)(C)C. The molecular formula is C17H31N2P. The molecule has 0 bridgehead atoms. The monoisotopic (exact) mass is 294 g/mol. The molecule has 0 fully saturated rings. The fourth-order valence-corrected chi connectivity index (χ4v) is 7.51. The van der Waals surface area contributed by atoms with Crippen molar-refractivity contribution in [3.05, 3.63) is 30.1 Å². The Bertz CT molecular complexity index is 476. The molecule has 0 aliphatic rings. The Morgan fingerprint density at radius 1 is 1.10 bits per heavy atom. The Labute approximate surface area is 125 Å². The molecule has 1 aromatic rings. The third-order valence-electron chi connectivity index (χ3n) is 3.62. The highest BCUT2D eigenvalue weighted by Crippen LogP contribution is 2.67.